The molecule has 1 atom stereocenters. The summed E-state index contributed by atoms with van der Waals surface area (Å²) in [6.45, 7) is 6.24. The number of aryl methyl sites for hydroxylation is 2. The molecule has 3 aliphatic rings. The highest BCUT2D eigenvalue weighted by Gasteiger charge is 2.49. The number of anilines is 1. The average Bonchev–Trinajstić information content (AvgIpc) is 3.24. The molecule has 1 aromatic heterocycles. The average molecular weight is 380 g/mol. The largest absolute Gasteiger partial charge is 0.448 e. The number of piperidine rings is 1. The lowest BCUT2D eigenvalue weighted by molar-refractivity contribution is -0.122. The summed E-state index contributed by atoms with van der Waals surface area (Å²) < 4.78 is 5.69. The molecule has 1 amide bonds. The highest BCUT2D eigenvalue weighted by Crippen LogP contribution is 2.48. The van der Waals surface area contributed by atoms with Crippen molar-refractivity contribution in [1.82, 2.24) is 9.88 Å². The Labute approximate surface area is 166 Å². The summed E-state index contributed by atoms with van der Waals surface area (Å²) in [4.78, 5) is 20.1. The van der Waals surface area contributed by atoms with Gasteiger partial charge in [0.05, 0.1) is 11.1 Å². The van der Waals surface area contributed by atoms with Crippen LogP contribution in [0.2, 0.25) is 0 Å². The molecule has 5 heteroatoms. The minimum atomic E-state index is -0.311. The van der Waals surface area contributed by atoms with Crippen molar-refractivity contribution in [1.29, 1.82) is 0 Å². The quantitative estimate of drug-likeness (QED) is 0.845. The molecule has 0 unspecified atom stereocenters. The van der Waals surface area contributed by atoms with E-state index in [1.54, 1.807) is 6.26 Å². The maximum absolute atomic E-state index is 12.9. The number of carbonyl (C=O) groups is 1. The van der Waals surface area contributed by atoms with Gasteiger partial charge < -0.3 is 9.73 Å². The molecule has 1 aromatic carbocycles. The van der Waals surface area contributed by atoms with E-state index >= 15 is 0 Å². The molecule has 1 saturated heterocycles. The molecule has 2 aromatic rings. The van der Waals surface area contributed by atoms with Crippen molar-refractivity contribution in [3.63, 3.8) is 0 Å². The number of likely N-dealkylation sites (tertiary alicyclic amines) is 1. The van der Waals surface area contributed by atoms with Crippen LogP contribution < -0.4 is 5.32 Å². The molecule has 1 aliphatic carbocycles. The lowest BCUT2D eigenvalue weighted by atomic mass is 9.68. The third kappa shape index (κ3) is 2.87. The van der Waals surface area contributed by atoms with Gasteiger partial charge in [0.25, 0.3) is 0 Å². The van der Waals surface area contributed by atoms with Crippen LogP contribution in [-0.2, 0) is 10.2 Å². The van der Waals surface area contributed by atoms with Gasteiger partial charge in [-0.25, -0.2) is 4.98 Å². The van der Waals surface area contributed by atoms with E-state index in [2.05, 4.69) is 40.3 Å². The van der Waals surface area contributed by atoms with Crippen molar-refractivity contribution >= 4 is 11.6 Å². The fraction of sp³-hybridized carbons (Fsp3) is 0.565. The Morgan fingerprint density at radius 1 is 1.21 bits per heavy atom. The molecule has 5 rings (SSSR count). The molecule has 148 valence electrons. The molecule has 5 nitrogen and oxygen atoms in total. The van der Waals surface area contributed by atoms with Gasteiger partial charge in [0, 0.05) is 24.2 Å². The van der Waals surface area contributed by atoms with Crippen LogP contribution in [0.1, 0.15) is 67.2 Å². The van der Waals surface area contributed by atoms with Crippen LogP contribution in [0.5, 0.6) is 0 Å². The Morgan fingerprint density at radius 3 is 2.79 bits per heavy atom. The lowest BCUT2D eigenvalue weighted by Crippen LogP contribution is -2.48. The Kier molecular flexibility index (Phi) is 4.31. The summed E-state index contributed by atoms with van der Waals surface area (Å²) in [5, 5.41) is 3.15. The van der Waals surface area contributed by atoms with E-state index in [-0.39, 0.29) is 11.3 Å². The number of fused-ring (bicyclic) bond motifs is 2. The van der Waals surface area contributed by atoms with Gasteiger partial charge in [-0.2, -0.15) is 0 Å². The summed E-state index contributed by atoms with van der Waals surface area (Å²) in [6, 6.07) is 6.99. The number of nitrogens with zero attached hydrogens (tertiary/aromatic N) is 2. The fourth-order valence-corrected chi connectivity index (χ4v) is 5.60. The second-order valence-corrected chi connectivity index (χ2v) is 8.98. The summed E-state index contributed by atoms with van der Waals surface area (Å²) in [5.74, 6) is 1.50. The standard InChI is InChI=1S/C23H29N3O2/c1-15-5-6-19-20(12-15)25-22(27)23(19)9-7-18(8-10-23)26-11-3-4-17(13-26)21-24-16(2)14-28-21/h5-6,12,14,17-18H,3-4,7-11,13H2,1-2H3,(H,25,27)/t17-,18?,23?/m1/s1. The van der Waals surface area contributed by atoms with Crippen LogP contribution >= 0.6 is 0 Å². The summed E-state index contributed by atoms with van der Waals surface area (Å²) >= 11 is 0. The molecule has 1 N–H and O–H groups in total. The van der Waals surface area contributed by atoms with Crippen LogP contribution in [0.4, 0.5) is 5.69 Å². The van der Waals surface area contributed by atoms with Crippen LogP contribution in [-0.4, -0.2) is 34.9 Å². The van der Waals surface area contributed by atoms with E-state index < -0.39 is 0 Å². The van der Waals surface area contributed by atoms with Crippen molar-refractivity contribution in [2.24, 2.45) is 0 Å². The first-order valence-corrected chi connectivity index (χ1v) is 10.6. The number of hydrogen-bond donors (Lipinski definition) is 1. The zero-order valence-electron chi connectivity index (χ0n) is 16.8. The molecule has 3 heterocycles. The predicted octanol–water partition coefficient (Wildman–Crippen LogP) is 4.30. The molecular weight excluding hydrogens is 350 g/mol. The van der Waals surface area contributed by atoms with Crippen molar-refractivity contribution in [3.05, 3.63) is 47.2 Å². The molecule has 1 saturated carbocycles. The number of amides is 1. The Balaban J connectivity index is 1.29. The van der Waals surface area contributed by atoms with Crippen molar-refractivity contribution in [3.8, 4) is 0 Å². The maximum Gasteiger partial charge on any atom is 0.235 e. The second-order valence-electron chi connectivity index (χ2n) is 8.98. The summed E-state index contributed by atoms with van der Waals surface area (Å²) in [5.41, 5.74) is 4.10. The van der Waals surface area contributed by atoms with E-state index in [4.69, 9.17) is 4.42 Å². The molecule has 2 aliphatic heterocycles. The Hall–Kier alpha value is -2.14. The van der Waals surface area contributed by atoms with Crippen LogP contribution in [0.25, 0.3) is 0 Å². The molecular formula is C23H29N3O2. The zero-order valence-corrected chi connectivity index (χ0v) is 16.8. The smallest absolute Gasteiger partial charge is 0.235 e. The van der Waals surface area contributed by atoms with E-state index in [0.717, 1.165) is 62.5 Å². The van der Waals surface area contributed by atoms with Gasteiger partial charge in [-0.3, -0.25) is 9.69 Å². The first-order chi connectivity index (χ1) is 13.5. The monoisotopic (exact) mass is 379 g/mol. The minimum Gasteiger partial charge on any atom is -0.448 e. The van der Waals surface area contributed by atoms with Crippen LogP contribution in [0, 0.1) is 13.8 Å². The molecule has 1 spiro atoms. The minimum absolute atomic E-state index is 0.207. The highest BCUT2D eigenvalue weighted by molar-refractivity contribution is 6.06. The third-order valence-electron chi connectivity index (χ3n) is 7.14. The number of carbonyl (C=O) groups excluding carboxylic acids is 1. The highest BCUT2D eigenvalue weighted by atomic mass is 16.3. The third-order valence-corrected chi connectivity index (χ3v) is 7.14. The van der Waals surface area contributed by atoms with Crippen molar-refractivity contribution in [2.45, 2.75) is 69.7 Å². The second kappa shape index (κ2) is 6.73. The number of nitrogens with one attached hydrogen (secondary N) is 1. The van der Waals surface area contributed by atoms with Gasteiger partial charge in [0.15, 0.2) is 5.89 Å². The topological polar surface area (TPSA) is 58.4 Å². The summed E-state index contributed by atoms with van der Waals surface area (Å²) in [6.07, 6.45) is 8.16. The van der Waals surface area contributed by atoms with Crippen LogP contribution in [0.15, 0.2) is 28.9 Å². The number of benzene rings is 1. The molecule has 2 fully saturated rings. The Morgan fingerprint density at radius 2 is 2.04 bits per heavy atom. The van der Waals surface area contributed by atoms with Crippen LogP contribution in [0.3, 0.4) is 0 Å². The Bertz CT molecular complexity index is 895. The SMILES string of the molecule is Cc1ccc2c(c1)NC(=O)C21CCC(N2CCC[C@@H](c3nc(C)co3)C2)CC1. The molecule has 28 heavy (non-hydrogen) atoms. The number of aromatic nitrogens is 1. The number of hydrogen-bond acceptors (Lipinski definition) is 4. The van der Waals surface area contributed by atoms with Gasteiger partial charge in [0.2, 0.25) is 5.91 Å². The zero-order chi connectivity index (χ0) is 19.3. The van der Waals surface area contributed by atoms with E-state index in [9.17, 15) is 4.79 Å². The maximum atomic E-state index is 12.9. The van der Waals surface area contributed by atoms with Crippen molar-refractivity contribution in [2.75, 3.05) is 18.4 Å². The van der Waals surface area contributed by atoms with Gasteiger partial charge in [0.1, 0.15) is 6.26 Å². The van der Waals surface area contributed by atoms with E-state index in [0.29, 0.717) is 12.0 Å². The number of rotatable bonds is 2. The van der Waals surface area contributed by atoms with Gasteiger partial charge in [-0.05, 0) is 76.1 Å². The first-order valence-electron chi connectivity index (χ1n) is 10.6. The normalized spacial score (nSPS) is 30.4. The predicted molar refractivity (Wildman–Crippen MR) is 109 cm³/mol. The van der Waals surface area contributed by atoms with Gasteiger partial charge >= 0.3 is 0 Å². The number of oxazole rings is 1. The fourth-order valence-electron chi connectivity index (χ4n) is 5.60. The van der Waals surface area contributed by atoms with Crippen molar-refractivity contribution < 1.29 is 9.21 Å². The first kappa shape index (κ1) is 17.9. The van der Waals surface area contributed by atoms with Gasteiger partial charge in [-0.15, -0.1) is 0 Å². The van der Waals surface area contributed by atoms with E-state index in [1.807, 2.05) is 6.92 Å². The summed E-state index contributed by atoms with van der Waals surface area (Å²) in [7, 11) is 0. The lowest BCUT2D eigenvalue weighted by Gasteiger charge is -2.43. The van der Waals surface area contributed by atoms with Gasteiger partial charge in [-0.1, -0.05) is 12.1 Å². The molecule has 0 radical (unpaired) electrons. The molecule has 0 bridgehead atoms. The van der Waals surface area contributed by atoms with E-state index in [1.165, 1.54) is 17.5 Å².